The molecule has 0 aromatic carbocycles. The minimum Gasteiger partial charge on any atom is -0.240 e. The van der Waals surface area contributed by atoms with Crippen molar-refractivity contribution in [3.05, 3.63) is 0 Å². The van der Waals surface area contributed by atoms with Gasteiger partial charge in [-0.1, -0.05) is 20.3 Å². The minimum atomic E-state index is 0.662. The van der Waals surface area contributed by atoms with Crippen molar-refractivity contribution in [1.82, 2.24) is 0 Å². The first-order valence-electron chi connectivity index (χ1n) is 4.79. The second kappa shape index (κ2) is 6.38. The zero-order chi connectivity index (χ0) is 8.69. The average Bonchev–Trinajstić information content (AvgIpc) is 2.00. The molecule has 0 aliphatic heterocycles. The molecule has 0 bridgehead atoms. The Morgan fingerprint density at radius 3 is 2.36 bits per heavy atom. The zero-order valence-electron chi connectivity index (χ0n) is 8.27. The fraction of sp³-hybridized carbons (Fsp3) is 0.900. The molecule has 0 N–H and O–H groups in total. The molecule has 0 aromatic rings. The van der Waals surface area contributed by atoms with Gasteiger partial charge in [-0.25, -0.2) is 4.58 Å². The summed E-state index contributed by atoms with van der Waals surface area (Å²) in [5.41, 5.74) is 0. The number of rotatable bonds is 6. The first kappa shape index (κ1) is 10.7. The summed E-state index contributed by atoms with van der Waals surface area (Å²) in [6, 6.07) is 0.662. The maximum atomic E-state index is 4.01. The number of hydrogen-bond donors (Lipinski definition) is 0. The molecular weight excluding hydrogens is 134 g/mol. The van der Waals surface area contributed by atoms with Crippen LogP contribution in [0.4, 0.5) is 0 Å². The summed E-state index contributed by atoms with van der Waals surface area (Å²) < 4.78 is 2.20. The Balaban J connectivity index is 3.46. The van der Waals surface area contributed by atoms with Crippen LogP contribution >= 0.6 is 0 Å². The highest BCUT2D eigenvalue weighted by Crippen LogP contribution is 2.03. The van der Waals surface area contributed by atoms with Crippen molar-refractivity contribution in [2.75, 3.05) is 6.54 Å². The van der Waals surface area contributed by atoms with Gasteiger partial charge >= 0.3 is 0 Å². The molecule has 0 amide bonds. The lowest BCUT2D eigenvalue weighted by atomic mass is 10.1. The van der Waals surface area contributed by atoms with E-state index in [0.29, 0.717) is 6.04 Å². The van der Waals surface area contributed by atoms with Crippen molar-refractivity contribution < 1.29 is 4.58 Å². The standard InChI is InChI=1S/C10H22N/c1-5-7-8-10(3)11(4)9-6-2/h10H,4-9H2,1-3H3/q+1. The largest absolute Gasteiger partial charge is 0.240 e. The second-order valence-electron chi connectivity index (χ2n) is 3.30. The first-order valence-corrected chi connectivity index (χ1v) is 4.79. The maximum Gasteiger partial charge on any atom is 0.149 e. The van der Waals surface area contributed by atoms with Gasteiger partial charge in [0.25, 0.3) is 0 Å². The van der Waals surface area contributed by atoms with Crippen LogP contribution in [0.15, 0.2) is 0 Å². The summed E-state index contributed by atoms with van der Waals surface area (Å²) >= 11 is 0. The van der Waals surface area contributed by atoms with Crippen LogP contribution in [-0.2, 0) is 0 Å². The van der Waals surface area contributed by atoms with Gasteiger partial charge in [0.15, 0.2) is 0 Å². The molecule has 1 nitrogen and oxygen atoms in total. The normalized spacial score (nSPS) is 13.0. The van der Waals surface area contributed by atoms with E-state index in [2.05, 4.69) is 32.1 Å². The third-order valence-corrected chi connectivity index (χ3v) is 2.11. The lowest BCUT2D eigenvalue weighted by molar-refractivity contribution is -0.555. The Morgan fingerprint density at radius 2 is 1.91 bits per heavy atom. The van der Waals surface area contributed by atoms with E-state index in [1.165, 1.54) is 25.7 Å². The summed E-state index contributed by atoms with van der Waals surface area (Å²) in [6.07, 6.45) is 5.13. The summed E-state index contributed by atoms with van der Waals surface area (Å²) in [6.45, 7) is 11.8. The molecule has 0 fully saturated rings. The highest BCUT2D eigenvalue weighted by Gasteiger charge is 2.09. The van der Waals surface area contributed by atoms with Crippen molar-refractivity contribution in [2.45, 2.75) is 52.5 Å². The molecule has 1 unspecified atom stereocenters. The van der Waals surface area contributed by atoms with Crippen molar-refractivity contribution in [3.63, 3.8) is 0 Å². The van der Waals surface area contributed by atoms with Crippen molar-refractivity contribution in [1.29, 1.82) is 0 Å². The number of unbranched alkanes of at least 4 members (excludes halogenated alkanes) is 1. The molecule has 0 rings (SSSR count). The van der Waals surface area contributed by atoms with Crippen LogP contribution in [0.1, 0.15) is 46.5 Å². The topological polar surface area (TPSA) is 3.01 Å². The quantitative estimate of drug-likeness (QED) is 0.411. The highest BCUT2D eigenvalue weighted by molar-refractivity contribution is 5.14. The Bertz CT molecular complexity index is 107. The van der Waals surface area contributed by atoms with E-state index in [-0.39, 0.29) is 0 Å². The Hall–Kier alpha value is -0.330. The van der Waals surface area contributed by atoms with E-state index >= 15 is 0 Å². The zero-order valence-corrected chi connectivity index (χ0v) is 8.27. The fourth-order valence-corrected chi connectivity index (χ4v) is 1.19. The average molecular weight is 156 g/mol. The lowest BCUT2D eigenvalue weighted by Gasteiger charge is -2.08. The van der Waals surface area contributed by atoms with Gasteiger partial charge in [-0.2, -0.15) is 0 Å². The predicted octanol–water partition coefficient (Wildman–Crippen LogP) is 2.69. The SMILES string of the molecule is C=[N+](CCC)C(C)CCCC. The molecule has 0 saturated heterocycles. The van der Waals surface area contributed by atoms with Crippen LogP contribution in [0.25, 0.3) is 0 Å². The van der Waals surface area contributed by atoms with E-state index in [1.54, 1.807) is 0 Å². The fourth-order valence-electron chi connectivity index (χ4n) is 1.19. The third-order valence-electron chi connectivity index (χ3n) is 2.11. The predicted molar refractivity (Wildman–Crippen MR) is 51.5 cm³/mol. The summed E-state index contributed by atoms with van der Waals surface area (Å²) in [5.74, 6) is 0. The summed E-state index contributed by atoms with van der Waals surface area (Å²) in [4.78, 5) is 0. The second-order valence-corrected chi connectivity index (χ2v) is 3.30. The molecule has 0 aliphatic carbocycles. The van der Waals surface area contributed by atoms with Crippen LogP contribution in [0.5, 0.6) is 0 Å². The number of nitrogens with zero attached hydrogens (tertiary/aromatic N) is 1. The molecule has 0 saturated carbocycles. The molecule has 0 heterocycles. The van der Waals surface area contributed by atoms with Crippen molar-refractivity contribution in [3.8, 4) is 0 Å². The molecule has 0 spiro atoms. The molecule has 0 radical (unpaired) electrons. The van der Waals surface area contributed by atoms with Crippen molar-refractivity contribution in [2.24, 2.45) is 0 Å². The smallest absolute Gasteiger partial charge is 0.149 e. The Labute approximate surface area is 71.1 Å². The maximum absolute atomic E-state index is 4.01. The van der Waals surface area contributed by atoms with Crippen LogP contribution in [-0.4, -0.2) is 23.9 Å². The summed E-state index contributed by atoms with van der Waals surface area (Å²) in [5, 5.41) is 0. The van der Waals surface area contributed by atoms with Gasteiger partial charge in [-0.3, -0.25) is 0 Å². The molecule has 66 valence electrons. The van der Waals surface area contributed by atoms with Crippen LogP contribution in [0.3, 0.4) is 0 Å². The molecule has 1 atom stereocenters. The lowest BCUT2D eigenvalue weighted by Crippen LogP contribution is -2.22. The minimum absolute atomic E-state index is 0.662. The van der Waals surface area contributed by atoms with Gasteiger partial charge in [-0.05, 0) is 13.3 Å². The van der Waals surface area contributed by atoms with Crippen LogP contribution in [0.2, 0.25) is 0 Å². The van der Waals surface area contributed by atoms with E-state index in [9.17, 15) is 0 Å². The van der Waals surface area contributed by atoms with Gasteiger partial charge < -0.3 is 0 Å². The molecule has 11 heavy (non-hydrogen) atoms. The van der Waals surface area contributed by atoms with Gasteiger partial charge in [-0.15, -0.1) is 0 Å². The van der Waals surface area contributed by atoms with Gasteiger partial charge in [0.05, 0.1) is 0 Å². The third kappa shape index (κ3) is 5.00. The summed E-state index contributed by atoms with van der Waals surface area (Å²) in [7, 11) is 0. The van der Waals surface area contributed by atoms with Gasteiger partial charge in [0.2, 0.25) is 0 Å². The van der Waals surface area contributed by atoms with Gasteiger partial charge in [0, 0.05) is 12.8 Å². The van der Waals surface area contributed by atoms with E-state index in [4.69, 9.17) is 0 Å². The molecular formula is C10H22N+. The Morgan fingerprint density at radius 1 is 1.27 bits per heavy atom. The van der Waals surface area contributed by atoms with E-state index in [1.807, 2.05) is 0 Å². The number of hydrogen-bond acceptors (Lipinski definition) is 0. The van der Waals surface area contributed by atoms with Gasteiger partial charge in [0.1, 0.15) is 19.3 Å². The van der Waals surface area contributed by atoms with Crippen molar-refractivity contribution >= 4 is 6.72 Å². The van der Waals surface area contributed by atoms with Crippen LogP contribution < -0.4 is 0 Å². The Kier molecular flexibility index (Phi) is 6.19. The van der Waals surface area contributed by atoms with Crippen LogP contribution in [0, 0.1) is 0 Å². The highest BCUT2D eigenvalue weighted by atomic mass is 15.0. The van der Waals surface area contributed by atoms with E-state index in [0.717, 1.165) is 6.54 Å². The molecule has 0 aromatic heterocycles. The molecule has 0 aliphatic rings. The monoisotopic (exact) mass is 156 g/mol. The first-order chi connectivity index (χ1) is 5.22. The molecule has 1 heteroatoms. The van der Waals surface area contributed by atoms with E-state index < -0.39 is 0 Å².